The summed E-state index contributed by atoms with van der Waals surface area (Å²) in [5.74, 6) is -1.08. The minimum Gasteiger partial charge on any atom is -0.544 e. The number of nitrogens with two attached hydrogens (primary N) is 1. The highest BCUT2D eigenvalue weighted by molar-refractivity contribution is 5.73. The zero-order valence-electron chi connectivity index (χ0n) is 7.55. The molecule has 0 saturated carbocycles. The Labute approximate surface area is 67.2 Å². The van der Waals surface area contributed by atoms with Crippen molar-refractivity contribution in [3.63, 3.8) is 0 Å². The van der Waals surface area contributed by atoms with Crippen LogP contribution >= 0.6 is 0 Å². The highest BCUT2D eigenvalue weighted by Gasteiger charge is 2.36. The normalized spacial score (nSPS) is 13.2. The number of carboxylic acids is 1. The first kappa shape index (κ1) is 10.4. The lowest BCUT2D eigenvalue weighted by Gasteiger charge is -2.43. The fraction of sp³-hybridized carbons (Fsp3) is 0.857. The summed E-state index contributed by atoms with van der Waals surface area (Å²) in [6.07, 6.45) is 0. The van der Waals surface area contributed by atoms with E-state index in [9.17, 15) is 9.90 Å². The number of rotatable bonds is 3. The Hall–Kier alpha value is -0.610. The summed E-state index contributed by atoms with van der Waals surface area (Å²) < 4.78 is 0.218. The molecule has 66 valence electrons. The van der Waals surface area contributed by atoms with Crippen LogP contribution in [0, 0.1) is 0 Å². The largest absolute Gasteiger partial charge is 0.544 e. The molecule has 0 unspecified atom stereocenters. The number of carbonyl (C=O) groups excluding carboxylic acids is 1. The predicted octanol–water partition coefficient (Wildman–Crippen LogP) is -1.49. The summed E-state index contributed by atoms with van der Waals surface area (Å²) in [5, 5.41) is 10.6. The number of aliphatic carboxylic acids is 1. The van der Waals surface area contributed by atoms with Crippen LogP contribution in [0.25, 0.3) is 0 Å². The van der Waals surface area contributed by atoms with E-state index in [1.807, 2.05) is 0 Å². The number of hydrogen-bond acceptors (Lipinski definition) is 3. The van der Waals surface area contributed by atoms with Gasteiger partial charge in [0.1, 0.15) is 18.2 Å². The van der Waals surface area contributed by atoms with E-state index in [0.717, 1.165) is 0 Å². The second kappa shape index (κ2) is 2.79. The Morgan fingerprint density at radius 1 is 1.55 bits per heavy atom. The minimum atomic E-state index is -1.08. The molecule has 0 bridgehead atoms. The van der Waals surface area contributed by atoms with Crippen molar-refractivity contribution in [2.75, 3.05) is 20.8 Å². The maximum absolute atomic E-state index is 10.6. The molecular weight excluding hydrogens is 144 g/mol. The number of carbonyl (C=O) groups is 1. The van der Waals surface area contributed by atoms with Crippen molar-refractivity contribution in [2.24, 2.45) is 5.73 Å². The van der Waals surface area contributed by atoms with Crippen molar-refractivity contribution < 1.29 is 14.4 Å². The van der Waals surface area contributed by atoms with E-state index in [1.54, 1.807) is 27.9 Å². The molecule has 11 heavy (non-hydrogen) atoms. The summed E-state index contributed by atoms with van der Waals surface area (Å²) >= 11 is 0. The molecule has 0 saturated heterocycles. The maximum Gasteiger partial charge on any atom is 0.134 e. The summed E-state index contributed by atoms with van der Waals surface area (Å²) in [4.78, 5) is 10.6. The molecule has 0 aromatic rings. The Balaban J connectivity index is 4.67. The Morgan fingerprint density at radius 2 is 1.91 bits per heavy atom. The molecule has 0 spiro atoms. The molecule has 0 aromatic heterocycles. The SMILES string of the molecule is CC(C)(C(=O)[O-])[N+](C)(C)CN. The number of nitrogens with zero attached hydrogens (tertiary/aromatic N) is 1. The fourth-order valence-electron chi connectivity index (χ4n) is 0.475. The maximum atomic E-state index is 10.6. The van der Waals surface area contributed by atoms with E-state index in [4.69, 9.17) is 5.73 Å². The van der Waals surface area contributed by atoms with E-state index >= 15 is 0 Å². The van der Waals surface area contributed by atoms with Crippen molar-refractivity contribution in [3.05, 3.63) is 0 Å². The van der Waals surface area contributed by atoms with Crippen molar-refractivity contribution in [2.45, 2.75) is 19.4 Å². The van der Waals surface area contributed by atoms with E-state index in [1.165, 1.54) is 0 Å². The number of quaternary nitrogens is 1. The molecule has 0 aromatic carbocycles. The van der Waals surface area contributed by atoms with Crippen LogP contribution in [0.4, 0.5) is 0 Å². The van der Waals surface area contributed by atoms with Crippen LogP contribution in [0.3, 0.4) is 0 Å². The molecule has 4 heteroatoms. The van der Waals surface area contributed by atoms with Gasteiger partial charge in [0.25, 0.3) is 0 Å². The molecule has 0 atom stereocenters. The number of likely N-dealkylation sites (N-methyl/N-ethyl adjacent to an activating group) is 1. The van der Waals surface area contributed by atoms with Crippen LogP contribution in [0.2, 0.25) is 0 Å². The van der Waals surface area contributed by atoms with E-state index in [2.05, 4.69) is 0 Å². The molecule has 0 amide bonds. The number of hydrogen-bond donors (Lipinski definition) is 1. The first-order chi connectivity index (χ1) is 4.75. The van der Waals surface area contributed by atoms with Gasteiger partial charge in [-0.15, -0.1) is 0 Å². The van der Waals surface area contributed by atoms with Crippen molar-refractivity contribution in [1.82, 2.24) is 0 Å². The highest BCUT2D eigenvalue weighted by atomic mass is 16.4. The molecule has 2 N–H and O–H groups in total. The predicted molar refractivity (Wildman–Crippen MR) is 40.2 cm³/mol. The standard InChI is InChI=1S/C7H16N2O2/c1-7(2,6(10)11)9(3,4)5-8/h5,8H2,1-4H3. The van der Waals surface area contributed by atoms with Crippen molar-refractivity contribution in [3.8, 4) is 0 Å². The third-order valence-corrected chi connectivity index (χ3v) is 2.47. The van der Waals surface area contributed by atoms with Gasteiger partial charge in [-0.2, -0.15) is 0 Å². The van der Waals surface area contributed by atoms with Gasteiger partial charge in [-0.25, -0.2) is 0 Å². The van der Waals surface area contributed by atoms with Gasteiger partial charge < -0.3 is 14.4 Å². The lowest BCUT2D eigenvalue weighted by molar-refractivity contribution is -0.930. The number of carboxylic acid groups (broad SMARTS) is 1. The highest BCUT2D eigenvalue weighted by Crippen LogP contribution is 2.17. The monoisotopic (exact) mass is 160 g/mol. The van der Waals surface area contributed by atoms with Gasteiger partial charge in [0.2, 0.25) is 0 Å². The second-order valence-corrected chi connectivity index (χ2v) is 3.71. The van der Waals surface area contributed by atoms with Gasteiger partial charge >= 0.3 is 0 Å². The van der Waals surface area contributed by atoms with E-state index in [0.29, 0.717) is 0 Å². The Kier molecular flexibility index (Phi) is 2.64. The molecular formula is C7H16N2O2. The summed E-state index contributed by atoms with van der Waals surface area (Å²) in [5.41, 5.74) is 4.48. The molecule has 0 aliphatic rings. The van der Waals surface area contributed by atoms with Crippen LogP contribution in [-0.4, -0.2) is 36.8 Å². The van der Waals surface area contributed by atoms with E-state index < -0.39 is 11.5 Å². The van der Waals surface area contributed by atoms with Crippen molar-refractivity contribution >= 4 is 5.97 Å². The first-order valence-corrected chi connectivity index (χ1v) is 3.50. The average molecular weight is 160 g/mol. The Bertz CT molecular complexity index is 164. The first-order valence-electron chi connectivity index (χ1n) is 3.50. The van der Waals surface area contributed by atoms with Crippen molar-refractivity contribution in [1.29, 1.82) is 0 Å². The van der Waals surface area contributed by atoms with E-state index in [-0.39, 0.29) is 11.2 Å². The second-order valence-electron chi connectivity index (χ2n) is 3.71. The molecule has 0 rings (SSSR count). The lowest BCUT2D eigenvalue weighted by Crippen LogP contribution is -2.66. The van der Waals surface area contributed by atoms with Crippen LogP contribution in [0.15, 0.2) is 0 Å². The summed E-state index contributed by atoms with van der Waals surface area (Å²) in [6.45, 7) is 3.49. The van der Waals surface area contributed by atoms with Gasteiger partial charge in [-0.1, -0.05) is 0 Å². The molecule has 4 nitrogen and oxygen atoms in total. The third-order valence-electron chi connectivity index (χ3n) is 2.47. The fourth-order valence-corrected chi connectivity index (χ4v) is 0.475. The zero-order chi connectivity index (χ0) is 9.28. The van der Waals surface area contributed by atoms with Crippen LogP contribution in [0.1, 0.15) is 13.8 Å². The van der Waals surface area contributed by atoms with Gasteiger partial charge in [0.05, 0.1) is 14.1 Å². The van der Waals surface area contributed by atoms with Gasteiger partial charge in [-0.3, -0.25) is 5.73 Å². The molecule has 0 radical (unpaired) electrons. The topological polar surface area (TPSA) is 66.1 Å². The quantitative estimate of drug-likeness (QED) is 0.404. The molecule has 0 heterocycles. The molecule has 0 aliphatic heterocycles. The summed E-state index contributed by atoms with van der Waals surface area (Å²) in [7, 11) is 3.52. The smallest absolute Gasteiger partial charge is 0.134 e. The lowest BCUT2D eigenvalue weighted by atomic mass is 10.0. The van der Waals surface area contributed by atoms with Gasteiger partial charge in [-0.05, 0) is 13.8 Å². The zero-order valence-corrected chi connectivity index (χ0v) is 7.55. The van der Waals surface area contributed by atoms with Crippen LogP contribution < -0.4 is 10.8 Å². The van der Waals surface area contributed by atoms with Crippen LogP contribution in [0.5, 0.6) is 0 Å². The van der Waals surface area contributed by atoms with Crippen LogP contribution in [-0.2, 0) is 4.79 Å². The molecule has 0 aliphatic carbocycles. The van der Waals surface area contributed by atoms with Gasteiger partial charge in [0.15, 0.2) is 0 Å². The minimum absolute atomic E-state index is 0.218. The molecule has 0 fully saturated rings. The average Bonchev–Trinajstić information content (AvgIpc) is 1.87. The van der Waals surface area contributed by atoms with Gasteiger partial charge in [0, 0.05) is 0 Å². The Morgan fingerprint density at radius 3 is 2.00 bits per heavy atom. The summed E-state index contributed by atoms with van der Waals surface area (Å²) in [6, 6.07) is 0. The third kappa shape index (κ3) is 1.70.